The van der Waals surface area contributed by atoms with E-state index in [1.54, 1.807) is 0 Å². The van der Waals surface area contributed by atoms with Gasteiger partial charge < -0.3 is 15.6 Å². The first kappa shape index (κ1) is 13.4. The number of aliphatic hydroxyl groups excluding tert-OH is 1. The summed E-state index contributed by atoms with van der Waals surface area (Å²) in [6, 6.07) is 6.40. The predicted octanol–water partition coefficient (Wildman–Crippen LogP) is 2.04. The molecule has 0 fully saturated rings. The zero-order chi connectivity index (χ0) is 13.0. The molecule has 100 valence electrons. The Balaban J connectivity index is 1.77. The molecule has 0 bridgehead atoms. The standard InChI is InChI=1S/C15H23NO2/c1-15(16,11-17)8-3-9-18-14-7-6-12-4-2-5-13(12)10-14/h6-7,10,17H,2-5,8-9,11,16H2,1H3. The molecule has 18 heavy (non-hydrogen) atoms. The third-order valence-electron chi connectivity index (χ3n) is 3.59. The van der Waals surface area contributed by atoms with Crippen LogP contribution >= 0.6 is 0 Å². The Kier molecular flexibility index (Phi) is 4.25. The fourth-order valence-electron chi connectivity index (χ4n) is 2.38. The number of aliphatic hydroxyl groups is 1. The van der Waals surface area contributed by atoms with Gasteiger partial charge in [0.05, 0.1) is 13.2 Å². The van der Waals surface area contributed by atoms with Gasteiger partial charge in [-0.15, -0.1) is 0 Å². The Morgan fingerprint density at radius 3 is 2.89 bits per heavy atom. The lowest BCUT2D eigenvalue weighted by Gasteiger charge is -2.21. The average molecular weight is 249 g/mol. The van der Waals surface area contributed by atoms with Crippen LogP contribution in [0.1, 0.15) is 37.3 Å². The molecule has 0 aromatic heterocycles. The molecule has 0 heterocycles. The molecule has 1 unspecified atom stereocenters. The van der Waals surface area contributed by atoms with Crippen LogP contribution in [0.4, 0.5) is 0 Å². The van der Waals surface area contributed by atoms with Crippen molar-refractivity contribution in [3.63, 3.8) is 0 Å². The second-order valence-electron chi connectivity index (χ2n) is 5.55. The maximum atomic E-state index is 9.05. The molecular weight excluding hydrogens is 226 g/mol. The Morgan fingerprint density at radius 2 is 2.11 bits per heavy atom. The van der Waals surface area contributed by atoms with Gasteiger partial charge in [-0.1, -0.05) is 6.07 Å². The SMILES string of the molecule is CC(N)(CO)CCCOc1ccc2c(c1)CCC2. The molecule has 0 aliphatic heterocycles. The zero-order valence-electron chi connectivity index (χ0n) is 11.1. The zero-order valence-corrected chi connectivity index (χ0v) is 11.1. The van der Waals surface area contributed by atoms with Crippen molar-refractivity contribution in [2.45, 2.75) is 44.6 Å². The van der Waals surface area contributed by atoms with Crippen LogP contribution in [-0.4, -0.2) is 23.9 Å². The van der Waals surface area contributed by atoms with Gasteiger partial charge in [0.15, 0.2) is 0 Å². The second-order valence-corrected chi connectivity index (χ2v) is 5.55. The van der Waals surface area contributed by atoms with Crippen molar-refractivity contribution >= 4 is 0 Å². The van der Waals surface area contributed by atoms with E-state index in [9.17, 15) is 0 Å². The quantitative estimate of drug-likeness (QED) is 0.759. The van der Waals surface area contributed by atoms with E-state index in [-0.39, 0.29) is 6.61 Å². The molecule has 1 aromatic rings. The first-order chi connectivity index (χ1) is 8.61. The lowest BCUT2D eigenvalue weighted by Crippen LogP contribution is -2.40. The van der Waals surface area contributed by atoms with E-state index >= 15 is 0 Å². The molecular formula is C15H23NO2. The molecule has 0 saturated carbocycles. The number of benzene rings is 1. The van der Waals surface area contributed by atoms with Crippen molar-refractivity contribution in [1.29, 1.82) is 0 Å². The van der Waals surface area contributed by atoms with E-state index < -0.39 is 5.54 Å². The average Bonchev–Trinajstić information content (AvgIpc) is 2.82. The molecule has 3 N–H and O–H groups in total. The van der Waals surface area contributed by atoms with Crippen LogP contribution in [0.2, 0.25) is 0 Å². The van der Waals surface area contributed by atoms with Gasteiger partial charge in [-0.3, -0.25) is 0 Å². The topological polar surface area (TPSA) is 55.5 Å². The highest BCUT2D eigenvalue weighted by molar-refractivity contribution is 5.38. The van der Waals surface area contributed by atoms with Gasteiger partial charge in [0.2, 0.25) is 0 Å². The Hall–Kier alpha value is -1.06. The summed E-state index contributed by atoms with van der Waals surface area (Å²) in [6.07, 6.45) is 5.29. The van der Waals surface area contributed by atoms with E-state index in [0.29, 0.717) is 6.61 Å². The molecule has 3 nitrogen and oxygen atoms in total. The van der Waals surface area contributed by atoms with Crippen molar-refractivity contribution in [3.05, 3.63) is 29.3 Å². The van der Waals surface area contributed by atoms with Crippen LogP contribution in [0.15, 0.2) is 18.2 Å². The molecule has 1 aliphatic rings. The molecule has 2 rings (SSSR count). The van der Waals surface area contributed by atoms with Crippen molar-refractivity contribution in [1.82, 2.24) is 0 Å². The smallest absolute Gasteiger partial charge is 0.119 e. The first-order valence-electron chi connectivity index (χ1n) is 6.75. The van der Waals surface area contributed by atoms with Crippen LogP contribution in [0.5, 0.6) is 5.75 Å². The monoisotopic (exact) mass is 249 g/mol. The lowest BCUT2D eigenvalue weighted by atomic mass is 9.99. The van der Waals surface area contributed by atoms with Crippen LogP contribution in [0.25, 0.3) is 0 Å². The molecule has 0 spiro atoms. The highest BCUT2D eigenvalue weighted by atomic mass is 16.5. The Bertz CT molecular complexity index is 401. The summed E-state index contributed by atoms with van der Waals surface area (Å²) in [6.45, 7) is 2.54. The van der Waals surface area contributed by atoms with Gasteiger partial charge in [-0.25, -0.2) is 0 Å². The van der Waals surface area contributed by atoms with Crippen molar-refractivity contribution in [2.75, 3.05) is 13.2 Å². The third kappa shape index (κ3) is 3.47. The largest absolute Gasteiger partial charge is 0.494 e. The molecule has 3 heteroatoms. The summed E-state index contributed by atoms with van der Waals surface area (Å²) in [5, 5.41) is 9.05. The lowest BCUT2D eigenvalue weighted by molar-refractivity contribution is 0.188. The number of ether oxygens (including phenoxy) is 1. The molecule has 1 aromatic carbocycles. The highest BCUT2D eigenvalue weighted by Gasteiger charge is 2.16. The van der Waals surface area contributed by atoms with E-state index in [4.69, 9.17) is 15.6 Å². The van der Waals surface area contributed by atoms with Crippen LogP contribution in [0.3, 0.4) is 0 Å². The summed E-state index contributed by atoms with van der Waals surface area (Å²) >= 11 is 0. The first-order valence-corrected chi connectivity index (χ1v) is 6.75. The number of nitrogens with two attached hydrogens (primary N) is 1. The fourth-order valence-corrected chi connectivity index (χ4v) is 2.38. The molecule has 1 atom stereocenters. The van der Waals surface area contributed by atoms with Crippen LogP contribution in [-0.2, 0) is 12.8 Å². The minimum Gasteiger partial charge on any atom is -0.494 e. The van der Waals surface area contributed by atoms with Gasteiger partial charge in [-0.2, -0.15) is 0 Å². The predicted molar refractivity (Wildman–Crippen MR) is 72.9 cm³/mol. The summed E-state index contributed by atoms with van der Waals surface area (Å²) in [5.74, 6) is 0.957. The van der Waals surface area contributed by atoms with Crippen molar-refractivity contribution in [2.24, 2.45) is 5.73 Å². The summed E-state index contributed by atoms with van der Waals surface area (Å²) < 4.78 is 5.73. The van der Waals surface area contributed by atoms with Crippen molar-refractivity contribution in [3.8, 4) is 5.75 Å². The van der Waals surface area contributed by atoms with E-state index in [1.165, 1.54) is 30.4 Å². The maximum Gasteiger partial charge on any atom is 0.119 e. The summed E-state index contributed by atoms with van der Waals surface area (Å²) in [5.41, 5.74) is 8.29. The summed E-state index contributed by atoms with van der Waals surface area (Å²) in [4.78, 5) is 0. The van der Waals surface area contributed by atoms with Crippen LogP contribution in [0, 0.1) is 0 Å². The van der Waals surface area contributed by atoms with E-state index in [1.807, 2.05) is 6.92 Å². The normalized spacial score (nSPS) is 17.3. The molecule has 0 saturated heterocycles. The van der Waals surface area contributed by atoms with Crippen molar-refractivity contribution < 1.29 is 9.84 Å². The number of hydrogen-bond donors (Lipinski definition) is 2. The van der Waals surface area contributed by atoms with E-state index in [2.05, 4.69) is 18.2 Å². The van der Waals surface area contributed by atoms with E-state index in [0.717, 1.165) is 18.6 Å². The van der Waals surface area contributed by atoms with Gasteiger partial charge in [0, 0.05) is 5.54 Å². The minimum absolute atomic E-state index is 0.0197. The van der Waals surface area contributed by atoms with Crippen LogP contribution < -0.4 is 10.5 Å². The highest BCUT2D eigenvalue weighted by Crippen LogP contribution is 2.26. The number of aryl methyl sites for hydroxylation is 2. The fraction of sp³-hybridized carbons (Fsp3) is 0.600. The molecule has 0 radical (unpaired) electrons. The minimum atomic E-state index is -0.485. The van der Waals surface area contributed by atoms with Gasteiger partial charge in [-0.05, 0) is 62.3 Å². The number of rotatable bonds is 6. The summed E-state index contributed by atoms with van der Waals surface area (Å²) in [7, 11) is 0. The Morgan fingerprint density at radius 1 is 1.33 bits per heavy atom. The van der Waals surface area contributed by atoms with Gasteiger partial charge in [0.25, 0.3) is 0 Å². The maximum absolute atomic E-state index is 9.05. The van der Waals surface area contributed by atoms with Gasteiger partial charge in [0.1, 0.15) is 5.75 Å². The number of fused-ring (bicyclic) bond motifs is 1. The molecule has 0 amide bonds. The van der Waals surface area contributed by atoms with Gasteiger partial charge >= 0.3 is 0 Å². The third-order valence-corrected chi connectivity index (χ3v) is 3.59. The number of hydrogen-bond acceptors (Lipinski definition) is 3. The molecule has 1 aliphatic carbocycles. The second kappa shape index (κ2) is 5.72. The Labute approximate surface area is 109 Å².